The molecule has 0 fully saturated rings. The Bertz CT molecular complexity index is 555. The van der Waals surface area contributed by atoms with E-state index >= 15 is 0 Å². The van der Waals surface area contributed by atoms with Crippen LogP contribution >= 0.6 is 0 Å². The number of nitrogens with one attached hydrogen (secondary N) is 1. The van der Waals surface area contributed by atoms with E-state index in [1.165, 1.54) is 12.0 Å². The summed E-state index contributed by atoms with van der Waals surface area (Å²) in [6, 6.07) is 8.81. The maximum Gasteiger partial charge on any atom is 0.534 e. The largest absolute Gasteiger partial charge is 0.534 e. The molecule has 1 rings (SSSR count). The van der Waals surface area contributed by atoms with E-state index in [4.69, 9.17) is 0 Å². The average Bonchev–Trinajstić information content (AvgIpc) is 2.52. The van der Waals surface area contributed by atoms with Crippen molar-refractivity contribution in [2.45, 2.75) is 26.3 Å². The fourth-order valence-electron chi connectivity index (χ4n) is 1.48. The summed E-state index contributed by atoms with van der Waals surface area (Å²) in [7, 11) is 2.83. The summed E-state index contributed by atoms with van der Waals surface area (Å²) in [5, 5.41) is 6.48. The molecule has 1 N–H and O–H groups in total. The summed E-state index contributed by atoms with van der Waals surface area (Å²) in [6.45, 7) is 5.24. The van der Waals surface area contributed by atoms with Crippen molar-refractivity contribution in [2.24, 2.45) is 5.16 Å². The number of ether oxygens (including phenoxy) is 1. The minimum Gasteiger partial charge on any atom is -0.436 e. The molecular formula is C15H21N3O4. The van der Waals surface area contributed by atoms with Crippen LogP contribution in [0.25, 0.3) is 0 Å². The molecule has 0 aliphatic heterocycles. The predicted octanol–water partition coefficient (Wildman–Crippen LogP) is 3.09. The van der Waals surface area contributed by atoms with Gasteiger partial charge in [0, 0.05) is 12.7 Å². The van der Waals surface area contributed by atoms with Crippen LogP contribution in [-0.4, -0.2) is 42.5 Å². The van der Waals surface area contributed by atoms with Gasteiger partial charge in [0.2, 0.25) is 0 Å². The van der Waals surface area contributed by atoms with Crippen molar-refractivity contribution >= 4 is 23.6 Å². The van der Waals surface area contributed by atoms with Crippen LogP contribution in [0, 0.1) is 0 Å². The molecule has 0 unspecified atom stereocenters. The molecule has 0 heterocycles. The Balaban J connectivity index is 2.78. The van der Waals surface area contributed by atoms with Gasteiger partial charge in [0.1, 0.15) is 0 Å². The molecular weight excluding hydrogens is 286 g/mol. The SMILES string of the molecule is COC(=O)ON=C(C)C(C)(C)N(C)C(=O)Nc1ccccc1. The number of amides is 2. The van der Waals surface area contributed by atoms with Crippen LogP contribution in [-0.2, 0) is 9.57 Å². The highest BCUT2D eigenvalue weighted by molar-refractivity contribution is 5.97. The van der Waals surface area contributed by atoms with E-state index in [1.807, 2.05) is 18.2 Å². The summed E-state index contributed by atoms with van der Waals surface area (Å²) < 4.78 is 4.34. The first kappa shape index (κ1) is 17.5. The smallest absolute Gasteiger partial charge is 0.436 e. The number of hydrogen-bond donors (Lipinski definition) is 1. The molecule has 2 amide bonds. The van der Waals surface area contributed by atoms with Crippen molar-refractivity contribution in [3.63, 3.8) is 0 Å². The lowest BCUT2D eigenvalue weighted by atomic mass is 9.98. The number of nitrogens with zero attached hydrogens (tertiary/aromatic N) is 2. The summed E-state index contributed by atoms with van der Waals surface area (Å²) in [4.78, 5) is 29.3. The number of carbonyl (C=O) groups is 2. The van der Waals surface area contributed by atoms with Gasteiger partial charge >= 0.3 is 12.2 Å². The minimum absolute atomic E-state index is 0.302. The van der Waals surface area contributed by atoms with Gasteiger partial charge in [-0.2, -0.15) is 0 Å². The summed E-state index contributed by atoms with van der Waals surface area (Å²) in [6.07, 6.45) is -0.911. The van der Waals surface area contributed by atoms with E-state index in [0.717, 1.165) is 0 Å². The molecule has 0 radical (unpaired) electrons. The van der Waals surface area contributed by atoms with Crippen LogP contribution in [0.1, 0.15) is 20.8 Å². The number of carbonyl (C=O) groups excluding carboxylic acids is 2. The quantitative estimate of drug-likeness (QED) is 0.401. The number of para-hydroxylation sites is 1. The van der Waals surface area contributed by atoms with Gasteiger partial charge in [0.15, 0.2) is 0 Å². The Hall–Kier alpha value is -2.57. The van der Waals surface area contributed by atoms with Crippen molar-refractivity contribution in [1.82, 2.24) is 4.90 Å². The molecule has 7 nitrogen and oxygen atoms in total. The molecule has 0 aliphatic carbocycles. The molecule has 1 aromatic carbocycles. The average molecular weight is 307 g/mol. The zero-order valence-corrected chi connectivity index (χ0v) is 13.4. The fourth-order valence-corrected chi connectivity index (χ4v) is 1.48. The zero-order valence-electron chi connectivity index (χ0n) is 13.4. The highest BCUT2D eigenvalue weighted by atomic mass is 16.8. The first-order valence-corrected chi connectivity index (χ1v) is 6.69. The molecule has 0 saturated heterocycles. The summed E-state index contributed by atoms with van der Waals surface area (Å²) in [5.74, 6) is 0. The second kappa shape index (κ2) is 7.44. The molecule has 0 spiro atoms. The Labute approximate surface area is 129 Å². The lowest BCUT2D eigenvalue weighted by Crippen LogP contribution is -2.51. The number of hydrogen-bond acceptors (Lipinski definition) is 5. The molecule has 22 heavy (non-hydrogen) atoms. The lowest BCUT2D eigenvalue weighted by Gasteiger charge is -2.35. The highest BCUT2D eigenvalue weighted by Gasteiger charge is 2.31. The van der Waals surface area contributed by atoms with Crippen LogP contribution < -0.4 is 5.32 Å². The van der Waals surface area contributed by atoms with E-state index in [2.05, 4.69) is 20.0 Å². The number of anilines is 1. The van der Waals surface area contributed by atoms with Crippen LogP contribution in [0.3, 0.4) is 0 Å². The van der Waals surface area contributed by atoms with Crippen LogP contribution in [0.15, 0.2) is 35.5 Å². The number of rotatable bonds is 4. The van der Waals surface area contributed by atoms with E-state index in [-0.39, 0.29) is 6.03 Å². The van der Waals surface area contributed by atoms with E-state index in [1.54, 1.807) is 40.0 Å². The van der Waals surface area contributed by atoms with Gasteiger partial charge in [-0.05, 0) is 32.9 Å². The van der Waals surface area contributed by atoms with Gasteiger partial charge in [-0.3, -0.25) is 4.84 Å². The molecule has 0 bridgehead atoms. The van der Waals surface area contributed by atoms with Crippen molar-refractivity contribution in [3.8, 4) is 0 Å². The summed E-state index contributed by atoms with van der Waals surface area (Å²) >= 11 is 0. The van der Waals surface area contributed by atoms with Gasteiger partial charge in [-0.15, -0.1) is 0 Å². The number of benzene rings is 1. The Kier molecular flexibility index (Phi) is 5.91. The molecule has 0 aliphatic rings. The number of oxime groups is 1. The van der Waals surface area contributed by atoms with E-state index in [9.17, 15) is 9.59 Å². The fraction of sp³-hybridized carbons (Fsp3) is 0.400. The second-order valence-corrected chi connectivity index (χ2v) is 5.14. The van der Waals surface area contributed by atoms with Gasteiger partial charge in [0.25, 0.3) is 0 Å². The molecule has 0 atom stereocenters. The van der Waals surface area contributed by atoms with Crippen molar-refractivity contribution in [2.75, 3.05) is 19.5 Å². The Morgan fingerprint density at radius 3 is 2.36 bits per heavy atom. The van der Waals surface area contributed by atoms with Crippen LogP contribution in [0.2, 0.25) is 0 Å². The van der Waals surface area contributed by atoms with Crippen LogP contribution in [0.4, 0.5) is 15.3 Å². The number of urea groups is 1. The molecule has 0 saturated carbocycles. The Morgan fingerprint density at radius 1 is 1.23 bits per heavy atom. The van der Waals surface area contributed by atoms with Gasteiger partial charge < -0.3 is 15.0 Å². The molecule has 120 valence electrons. The zero-order chi connectivity index (χ0) is 16.8. The van der Waals surface area contributed by atoms with Crippen molar-refractivity contribution in [1.29, 1.82) is 0 Å². The van der Waals surface area contributed by atoms with Gasteiger partial charge in [0.05, 0.1) is 18.4 Å². The third kappa shape index (κ3) is 4.47. The maximum atomic E-state index is 12.3. The first-order valence-electron chi connectivity index (χ1n) is 6.69. The third-order valence-corrected chi connectivity index (χ3v) is 3.48. The molecule has 7 heteroatoms. The van der Waals surface area contributed by atoms with Gasteiger partial charge in [-0.1, -0.05) is 23.4 Å². The second-order valence-electron chi connectivity index (χ2n) is 5.14. The highest BCUT2D eigenvalue weighted by Crippen LogP contribution is 2.17. The van der Waals surface area contributed by atoms with Crippen molar-refractivity contribution in [3.05, 3.63) is 30.3 Å². The normalized spacial score (nSPS) is 11.6. The van der Waals surface area contributed by atoms with Crippen LogP contribution in [0.5, 0.6) is 0 Å². The maximum absolute atomic E-state index is 12.3. The third-order valence-electron chi connectivity index (χ3n) is 3.48. The molecule has 0 aromatic heterocycles. The predicted molar refractivity (Wildman–Crippen MR) is 83.9 cm³/mol. The van der Waals surface area contributed by atoms with Gasteiger partial charge in [-0.25, -0.2) is 9.59 Å². The summed E-state index contributed by atoms with van der Waals surface area (Å²) in [5.41, 5.74) is 0.381. The van der Waals surface area contributed by atoms with E-state index < -0.39 is 11.7 Å². The van der Waals surface area contributed by atoms with E-state index in [0.29, 0.717) is 11.4 Å². The minimum atomic E-state index is -0.911. The molecule has 1 aromatic rings. The number of methoxy groups -OCH3 is 1. The van der Waals surface area contributed by atoms with Crippen molar-refractivity contribution < 1.29 is 19.2 Å². The topological polar surface area (TPSA) is 80.2 Å². The monoisotopic (exact) mass is 307 g/mol. The Morgan fingerprint density at radius 2 is 1.82 bits per heavy atom. The first-order chi connectivity index (χ1) is 10.3. The standard InChI is InChI=1S/C15H21N3O4/c1-11(17-22-14(20)21-5)15(2,3)18(4)13(19)16-12-9-7-6-8-10-12/h6-10H,1-5H3,(H,16,19). The lowest BCUT2D eigenvalue weighted by molar-refractivity contribution is 0.0740.